The van der Waals surface area contributed by atoms with Gasteiger partial charge in [0.2, 0.25) is 0 Å². The van der Waals surface area contributed by atoms with E-state index in [1.807, 2.05) is 0 Å². The van der Waals surface area contributed by atoms with Crippen LogP contribution in [0.1, 0.15) is 6.92 Å². The lowest BCUT2D eigenvalue weighted by Gasteiger charge is -2.09. The summed E-state index contributed by atoms with van der Waals surface area (Å²) in [5.74, 6) is -0.604. The number of rotatable bonds is 5. The van der Waals surface area contributed by atoms with Crippen LogP contribution in [-0.2, 0) is 4.79 Å². The Hall–Kier alpha value is -1.33. The predicted molar refractivity (Wildman–Crippen MR) is 61.6 cm³/mol. The molecular weight excluding hydrogens is 249 g/mol. The molecule has 2 N–H and O–H groups in total. The molecule has 1 unspecified atom stereocenters. The van der Waals surface area contributed by atoms with E-state index >= 15 is 0 Å². The number of nitrogens with one attached hydrogen (secondary N) is 1. The third-order valence-electron chi connectivity index (χ3n) is 1.86. The van der Waals surface area contributed by atoms with Crippen LogP contribution in [0.2, 0.25) is 5.02 Å². The third-order valence-corrected chi connectivity index (χ3v) is 2.15. The molecule has 0 saturated heterocycles. The van der Waals surface area contributed by atoms with Gasteiger partial charge in [-0.1, -0.05) is 11.6 Å². The molecule has 94 valence electrons. The topological polar surface area (TPSA) is 58.6 Å². The summed E-state index contributed by atoms with van der Waals surface area (Å²) in [4.78, 5) is 11.2. The van der Waals surface area contributed by atoms with Crippen LogP contribution in [0.15, 0.2) is 18.2 Å². The Morgan fingerprint density at radius 1 is 1.65 bits per heavy atom. The van der Waals surface area contributed by atoms with E-state index in [0.717, 1.165) is 6.07 Å². The number of ether oxygens (including phenoxy) is 1. The Bertz CT molecular complexity index is 398. The van der Waals surface area contributed by atoms with Gasteiger partial charge in [-0.05, 0) is 19.1 Å². The highest BCUT2D eigenvalue weighted by atomic mass is 35.5. The molecule has 6 heteroatoms. The average Bonchev–Trinajstić information content (AvgIpc) is 2.28. The second-order valence-electron chi connectivity index (χ2n) is 3.52. The van der Waals surface area contributed by atoms with Crippen molar-refractivity contribution in [2.45, 2.75) is 13.0 Å². The minimum atomic E-state index is -0.612. The van der Waals surface area contributed by atoms with Gasteiger partial charge < -0.3 is 15.2 Å². The summed E-state index contributed by atoms with van der Waals surface area (Å²) in [6.07, 6.45) is -0.612. The molecule has 0 aliphatic heterocycles. The lowest BCUT2D eigenvalue weighted by atomic mass is 10.3. The van der Waals surface area contributed by atoms with Gasteiger partial charge in [-0.3, -0.25) is 4.79 Å². The highest BCUT2D eigenvalue weighted by molar-refractivity contribution is 6.30. The number of aliphatic hydroxyl groups excluding tert-OH is 1. The van der Waals surface area contributed by atoms with Crippen molar-refractivity contribution in [2.75, 3.05) is 13.2 Å². The Morgan fingerprint density at radius 3 is 2.94 bits per heavy atom. The van der Waals surface area contributed by atoms with Gasteiger partial charge in [0, 0.05) is 12.6 Å². The first-order chi connectivity index (χ1) is 7.99. The fraction of sp³-hybridized carbons (Fsp3) is 0.364. The van der Waals surface area contributed by atoms with Gasteiger partial charge in [0.1, 0.15) is 11.6 Å². The van der Waals surface area contributed by atoms with Crippen LogP contribution in [0, 0.1) is 5.82 Å². The first-order valence-electron chi connectivity index (χ1n) is 5.01. The first-order valence-corrected chi connectivity index (χ1v) is 5.39. The van der Waals surface area contributed by atoms with Crippen LogP contribution in [0.25, 0.3) is 0 Å². The number of benzene rings is 1. The molecule has 1 aromatic carbocycles. The van der Waals surface area contributed by atoms with Crippen molar-refractivity contribution in [3.63, 3.8) is 0 Å². The zero-order valence-electron chi connectivity index (χ0n) is 9.24. The third kappa shape index (κ3) is 5.01. The van der Waals surface area contributed by atoms with Gasteiger partial charge in [-0.25, -0.2) is 4.39 Å². The van der Waals surface area contributed by atoms with E-state index in [2.05, 4.69) is 5.32 Å². The predicted octanol–water partition coefficient (Wildman–Crippen LogP) is 1.35. The zero-order chi connectivity index (χ0) is 12.8. The second kappa shape index (κ2) is 6.42. The van der Waals surface area contributed by atoms with Gasteiger partial charge in [0.05, 0.1) is 11.1 Å². The number of hydrogen-bond donors (Lipinski definition) is 2. The molecule has 0 aliphatic rings. The molecule has 0 saturated carbocycles. The maximum absolute atomic E-state index is 12.8. The lowest BCUT2D eigenvalue weighted by Crippen LogP contribution is -2.34. The number of amides is 1. The molecule has 0 aromatic heterocycles. The highest BCUT2D eigenvalue weighted by Gasteiger charge is 2.06. The molecule has 0 spiro atoms. The number of carbonyl (C=O) groups is 1. The van der Waals surface area contributed by atoms with E-state index in [4.69, 9.17) is 21.4 Å². The number of aliphatic hydroxyl groups is 1. The molecule has 1 rings (SSSR count). The molecule has 0 aliphatic carbocycles. The summed E-state index contributed by atoms with van der Waals surface area (Å²) in [6.45, 7) is 1.50. The maximum Gasteiger partial charge on any atom is 0.258 e. The smallest absolute Gasteiger partial charge is 0.258 e. The lowest BCUT2D eigenvalue weighted by molar-refractivity contribution is -0.123. The Kier molecular flexibility index (Phi) is 5.18. The van der Waals surface area contributed by atoms with E-state index in [1.165, 1.54) is 12.1 Å². The number of hydrogen-bond acceptors (Lipinski definition) is 3. The highest BCUT2D eigenvalue weighted by Crippen LogP contribution is 2.20. The van der Waals surface area contributed by atoms with Crippen LogP contribution in [0.5, 0.6) is 5.75 Å². The van der Waals surface area contributed by atoms with Crippen molar-refractivity contribution in [1.29, 1.82) is 0 Å². The Labute approximate surface area is 103 Å². The van der Waals surface area contributed by atoms with Crippen LogP contribution in [-0.4, -0.2) is 30.3 Å². The van der Waals surface area contributed by atoms with E-state index in [9.17, 15) is 9.18 Å². The van der Waals surface area contributed by atoms with Crippen molar-refractivity contribution in [3.05, 3.63) is 29.0 Å². The molecule has 17 heavy (non-hydrogen) atoms. The average molecular weight is 262 g/mol. The summed E-state index contributed by atoms with van der Waals surface area (Å²) >= 11 is 5.54. The Morgan fingerprint density at radius 2 is 2.35 bits per heavy atom. The van der Waals surface area contributed by atoms with E-state index in [0.29, 0.717) is 5.75 Å². The number of carbonyl (C=O) groups excluding carboxylic acids is 1. The van der Waals surface area contributed by atoms with Gasteiger partial charge in [0.15, 0.2) is 6.61 Å². The second-order valence-corrected chi connectivity index (χ2v) is 3.92. The quantitative estimate of drug-likeness (QED) is 0.841. The maximum atomic E-state index is 12.8. The van der Waals surface area contributed by atoms with Crippen LogP contribution in [0.4, 0.5) is 4.39 Å². The van der Waals surface area contributed by atoms with Crippen LogP contribution >= 0.6 is 11.6 Å². The molecule has 1 atom stereocenters. The monoisotopic (exact) mass is 261 g/mol. The van der Waals surface area contributed by atoms with Crippen molar-refractivity contribution in [1.82, 2.24) is 5.32 Å². The molecule has 0 bridgehead atoms. The van der Waals surface area contributed by atoms with Crippen LogP contribution in [0.3, 0.4) is 0 Å². The zero-order valence-corrected chi connectivity index (χ0v) is 10.00. The van der Waals surface area contributed by atoms with Crippen molar-refractivity contribution in [3.8, 4) is 5.75 Å². The largest absolute Gasteiger partial charge is 0.484 e. The van der Waals surface area contributed by atoms with E-state index in [-0.39, 0.29) is 24.1 Å². The first kappa shape index (κ1) is 13.7. The van der Waals surface area contributed by atoms with Crippen molar-refractivity contribution < 1.29 is 19.0 Å². The Balaban J connectivity index is 2.39. The van der Waals surface area contributed by atoms with Gasteiger partial charge in [-0.15, -0.1) is 0 Å². The van der Waals surface area contributed by atoms with E-state index < -0.39 is 11.9 Å². The minimum absolute atomic E-state index is 0.0631. The number of halogens is 2. The van der Waals surface area contributed by atoms with Crippen molar-refractivity contribution in [2.24, 2.45) is 0 Å². The molecule has 4 nitrogen and oxygen atoms in total. The van der Waals surface area contributed by atoms with Gasteiger partial charge in [0.25, 0.3) is 5.91 Å². The molecular formula is C11H13ClFNO3. The SMILES string of the molecule is CC(O)CNC(=O)COc1ccc(F)c(Cl)c1. The van der Waals surface area contributed by atoms with E-state index in [1.54, 1.807) is 6.92 Å². The molecule has 1 amide bonds. The van der Waals surface area contributed by atoms with Crippen molar-refractivity contribution >= 4 is 17.5 Å². The van der Waals surface area contributed by atoms with Gasteiger partial charge >= 0.3 is 0 Å². The van der Waals surface area contributed by atoms with Gasteiger partial charge in [-0.2, -0.15) is 0 Å². The summed E-state index contributed by atoms with van der Waals surface area (Å²) in [7, 11) is 0. The standard InChI is InChI=1S/C11H13ClFNO3/c1-7(15)5-14-11(16)6-17-8-2-3-10(13)9(12)4-8/h2-4,7,15H,5-6H2,1H3,(H,14,16). The summed E-state index contributed by atoms with van der Waals surface area (Å²) in [6, 6.07) is 3.83. The van der Waals surface area contributed by atoms with Crippen LogP contribution < -0.4 is 10.1 Å². The fourth-order valence-corrected chi connectivity index (χ4v) is 1.20. The molecule has 0 radical (unpaired) electrons. The molecule has 0 heterocycles. The molecule has 0 fully saturated rings. The summed E-state index contributed by atoms with van der Waals surface area (Å²) in [5, 5.41) is 11.3. The molecule has 1 aromatic rings. The summed E-state index contributed by atoms with van der Waals surface area (Å²) < 4.78 is 17.9. The summed E-state index contributed by atoms with van der Waals surface area (Å²) in [5.41, 5.74) is 0. The normalized spacial score (nSPS) is 12.0. The fourth-order valence-electron chi connectivity index (χ4n) is 1.03. The minimum Gasteiger partial charge on any atom is -0.484 e.